The largest absolute Gasteiger partial charge is 0.481 e. The van der Waals surface area contributed by atoms with Crippen LogP contribution in [0.15, 0.2) is 36.4 Å². The molecule has 6 heteroatoms. The topological polar surface area (TPSA) is 90.6 Å². The van der Waals surface area contributed by atoms with E-state index in [1.165, 1.54) is 4.90 Å². The molecule has 0 saturated carbocycles. The fourth-order valence-electron chi connectivity index (χ4n) is 3.79. The van der Waals surface area contributed by atoms with Crippen LogP contribution < -0.4 is 4.90 Å². The van der Waals surface area contributed by atoms with Crippen molar-refractivity contribution in [2.24, 2.45) is 11.8 Å². The minimum atomic E-state index is -1.02. The van der Waals surface area contributed by atoms with Crippen LogP contribution in [0.25, 0.3) is 0 Å². The molecule has 4 rings (SSSR count). The molecule has 1 aromatic rings. The lowest BCUT2D eigenvalue weighted by Crippen LogP contribution is -2.39. The maximum absolute atomic E-state index is 12.8. The number of benzene rings is 1. The predicted octanol–water partition coefficient (Wildman–Crippen LogP) is 0.929. The maximum atomic E-state index is 12.8. The van der Waals surface area contributed by atoms with Crippen molar-refractivity contribution in [1.29, 1.82) is 5.26 Å². The van der Waals surface area contributed by atoms with Crippen molar-refractivity contribution in [3.05, 3.63) is 42.0 Å². The van der Waals surface area contributed by atoms with E-state index in [-0.39, 0.29) is 12.5 Å². The van der Waals surface area contributed by atoms with Gasteiger partial charge in [0.25, 0.3) is 0 Å². The average Bonchev–Trinajstić information content (AvgIpc) is 3.15. The molecule has 3 heterocycles. The second-order valence-electron chi connectivity index (χ2n) is 5.79. The van der Waals surface area contributed by atoms with Gasteiger partial charge in [-0.05, 0) is 12.1 Å². The fraction of sp³-hybridized carbons (Fsp3) is 0.312. The van der Waals surface area contributed by atoms with E-state index in [9.17, 15) is 20.0 Å². The lowest BCUT2D eigenvalue weighted by atomic mass is 9.77. The SMILES string of the molecule is N#Cc1ccccc1N1C[C@]23C=C[C@@H](O2)[C@@H](C(=O)O)[C@H]3C1=O. The summed E-state index contributed by atoms with van der Waals surface area (Å²) in [6.45, 7) is 0.242. The lowest BCUT2D eigenvalue weighted by molar-refractivity contribution is -0.146. The lowest BCUT2D eigenvalue weighted by Gasteiger charge is -2.22. The van der Waals surface area contributed by atoms with Crippen molar-refractivity contribution in [3.63, 3.8) is 0 Å². The minimum Gasteiger partial charge on any atom is -0.481 e. The van der Waals surface area contributed by atoms with Crippen LogP contribution in [0.3, 0.4) is 0 Å². The highest BCUT2D eigenvalue weighted by molar-refractivity contribution is 6.03. The molecule has 0 radical (unpaired) electrons. The van der Waals surface area contributed by atoms with E-state index in [4.69, 9.17) is 4.74 Å². The van der Waals surface area contributed by atoms with Gasteiger partial charge in [0.05, 0.1) is 29.8 Å². The van der Waals surface area contributed by atoms with Crippen LogP contribution >= 0.6 is 0 Å². The number of rotatable bonds is 2. The first kappa shape index (κ1) is 13.0. The zero-order chi connectivity index (χ0) is 15.5. The van der Waals surface area contributed by atoms with E-state index in [1.54, 1.807) is 36.4 Å². The Morgan fingerprint density at radius 2 is 2.23 bits per heavy atom. The molecule has 1 spiro atoms. The molecule has 0 aliphatic carbocycles. The molecule has 1 aromatic carbocycles. The van der Waals surface area contributed by atoms with E-state index in [1.807, 2.05) is 0 Å². The van der Waals surface area contributed by atoms with Crippen LogP contribution in [0.5, 0.6) is 0 Å². The molecule has 1 N–H and O–H groups in total. The molecule has 2 saturated heterocycles. The third-order valence-corrected chi connectivity index (χ3v) is 4.70. The van der Waals surface area contributed by atoms with Crippen molar-refractivity contribution < 1.29 is 19.4 Å². The first-order valence-electron chi connectivity index (χ1n) is 6.98. The molecule has 2 bridgehead atoms. The number of amides is 1. The standard InChI is InChI=1S/C16H12N2O4/c17-7-9-3-1-2-4-10(9)18-8-16-6-5-11(22-16)12(15(20)21)13(16)14(18)19/h1-6,11-13H,8H2,(H,20,21)/t11-,12-,13+,16+/m1/s1. The van der Waals surface area contributed by atoms with E-state index >= 15 is 0 Å². The molecule has 22 heavy (non-hydrogen) atoms. The quantitative estimate of drug-likeness (QED) is 0.820. The Bertz CT molecular complexity index is 766. The minimum absolute atomic E-state index is 0.242. The second-order valence-corrected chi connectivity index (χ2v) is 5.79. The van der Waals surface area contributed by atoms with Crippen LogP contribution in [0, 0.1) is 23.2 Å². The second kappa shape index (κ2) is 4.18. The van der Waals surface area contributed by atoms with Gasteiger partial charge in [-0.2, -0.15) is 5.26 Å². The monoisotopic (exact) mass is 296 g/mol. The number of nitrogens with zero attached hydrogens (tertiary/aromatic N) is 2. The summed E-state index contributed by atoms with van der Waals surface area (Å²) in [6.07, 6.45) is 2.98. The van der Waals surface area contributed by atoms with Crippen LogP contribution in [0.2, 0.25) is 0 Å². The Labute approximate surface area is 126 Å². The summed E-state index contributed by atoms with van der Waals surface area (Å²) in [4.78, 5) is 25.8. The highest BCUT2D eigenvalue weighted by atomic mass is 16.5. The average molecular weight is 296 g/mol. The summed E-state index contributed by atoms with van der Waals surface area (Å²) >= 11 is 0. The van der Waals surface area contributed by atoms with E-state index in [0.717, 1.165) is 0 Å². The summed E-state index contributed by atoms with van der Waals surface area (Å²) in [5.41, 5.74) is 0.00823. The molecule has 110 valence electrons. The summed E-state index contributed by atoms with van der Waals surface area (Å²) in [7, 11) is 0. The van der Waals surface area contributed by atoms with Gasteiger partial charge in [-0.3, -0.25) is 9.59 Å². The number of nitriles is 1. The Balaban J connectivity index is 1.79. The van der Waals surface area contributed by atoms with Gasteiger partial charge in [-0.25, -0.2) is 0 Å². The summed E-state index contributed by atoms with van der Waals surface area (Å²) < 4.78 is 5.82. The highest BCUT2D eigenvalue weighted by Gasteiger charge is 2.67. The number of aliphatic carboxylic acids is 1. The number of hydrogen-bond acceptors (Lipinski definition) is 4. The Morgan fingerprint density at radius 1 is 1.45 bits per heavy atom. The van der Waals surface area contributed by atoms with Gasteiger partial charge in [-0.1, -0.05) is 24.3 Å². The number of hydrogen-bond donors (Lipinski definition) is 1. The van der Waals surface area contributed by atoms with Gasteiger partial charge in [0.2, 0.25) is 5.91 Å². The number of anilines is 1. The van der Waals surface area contributed by atoms with Gasteiger partial charge in [0, 0.05) is 0 Å². The molecule has 2 fully saturated rings. The summed E-state index contributed by atoms with van der Waals surface area (Å²) in [5, 5.41) is 18.6. The van der Waals surface area contributed by atoms with Gasteiger partial charge < -0.3 is 14.7 Å². The molecular weight excluding hydrogens is 284 g/mol. The van der Waals surface area contributed by atoms with Crippen molar-refractivity contribution in [2.45, 2.75) is 11.7 Å². The van der Waals surface area contributed by atoms with Crippen molar-refractivity contribution in [3.8, 4) is 6.07 Å². The highest BCUT2D eigenvalue weighted by Crippen LogP contribution is 2.52. The van der Waals surface area contributed by atoms with E-state index in [0.29, 0.717) is 11.3 Å². The van der Waals surface area contributed by atoms with Crippen molar-refractivity contribution >= 4 is 17.6 Å². The molecule has 3 aliphatic heterocycles. The number of para-hydroxylation sites is 1. The summed E-state index contributed by atoms with van der Waals surface area (Å²) in [5.74, 6) is -2.91. The third kappa shape index (κ3) is 1.46. The Morgan fingerprint density at radius 3 is 2.95 bits per heavy atom. The molecular formula is C16H12N2O4. The number of fused-ring (bicyclic) bond motifs is 1. The smallest absolute Gasteiger partial charge is 0.310 e. The number of carbonyl (C=O) groups is 2. The first-order valence-corrected chi connectivity index (χ1v) is 6.98. The van der Waals surface area contributed by atoms with Crippen molar-refractivity contribution in [1.82, 2.24) is 0 Å². The van der Waals surface area contributed by atoms with Crippen LogP contribution in [0.1, 0.15) is 5.56 Å². The van der Waals surface area contributed by atoms with Gasteiger partial charge >= 0.3 is 5.97 Å². The van der Waals surface area contributed by atoms with Gasteiger partial charge in [0.15, 0.2) is 0 Å². The first-order chi connectivity index (χ1) is 10.6. The Hall–Kier alpha value is -2.65. The normalized spacial score (nSPS) is 34.8. The molecule has 0 aromatic heterocycles. The number of carboxylic acid groups (broad SMARTS) is 1. The fourth-order valence-corrected chi connectivity index (χ4v) is 3.79. The third-order valence-electron chi connectivity index (χ3n) is 4.70. The zero-order valence-corrected chi connectivity index (χ0v) is 11.5. The number of carbonyl (C=O) groups excluding carboxylic acids is 1. The van der Waals surface area contributed by atoms with Crippen molar-refractivity contribution in [2.75, 3.05) is 11.4 Å². The van der Waals surface area contributed by atoms with Gasteiger partial charge in [-0.15, -0.1) is 0 Å². The summed E-state index contributed by atoms with van der Waals surface area (Å²) in [6, 6.07) is 8.87. The van der Waals surface area contributed by atoms with Gasteiger partial charge in [0.1, 0.15) is 17.6 Å². The molecule has 6 nitrogen and oxygen atoms in total. The van der Waals surface area contributed by atoms with Crippen LogP contribution in [-0.2, 0) is 14.3 Å². The van der Waals surface area contributed by atoms with Crippen LogP contribution in [-0.4, -0.2) is 35.2 Å². The molecule has 1 amide bonds. The van der Waals surface area contributed by atoms with E-state index in [2.05, 4.69) is 6.07 Å². The predicted molar refractivity (Wildman–Crippen MR) is 74.9 cm³/mol. The number of carboxylic acids is 1. The van der Waals surface area contributed by atoms with E-state index < -0.39 is 29.5 Å². The maximum Gasteiger partial charge on any atom is 0.310 e. The van der Waals surface area contributed by atoms with Crippen LogP contribution in [0.4, 0.5) is 5.69 Å². The number of ether oxygens (including phenoxy) is 1. The molecule has 3 aliphatic rings. The molecule has 0 unspecified atom stereocenters. The zero-order valence-electron chi connectivity index (χ0n) is 11.5. The molecule has 4 atom stereocenters. The Kier molecular flexibility index (Phi) is 2.48.